The molecule has 7 aromatic carbocycles. The molecule has 0 saturated heterocycles. The summed E-state index contributed by atoms with van der Waals surface area (Å²) in [5.41, 5.74) is 16.5. The quantitative estimate of drug-likeness (QED) is 0.180. The minimum absolute atomic E-state index is 0.0753. The van der Waals surface area contributed by atoms with Crippen LogP contribution in [0.1, 0.15) is 27.8 Å². The molecule has 11 rings (SSSR count). The van der Waals surface area contributed by atoms with Crippen LogP contribution in [-0.2, 0) is 12.8 Å². The third-order valence-corrected chi connectivity index (χ3v) is 11.2. The maximum atomic E-state index is 11.6. The lowest BCUT2D eigenvalue weighted by molar-refractivity contribution is 1.03. The molecule has 0 atom stereocenters. The SMILES string of the molecule is N#Cc1c(-n2c3ccccc3c3ccccc32)c2c3c(c1-n1c4ccccc4c4ccccc41)Cc1ccccc1B3c1ccccc1C2. The lowest BCUT2D eigenvalue weighted by atomic mass is 9.30. The Bertz CT molecular complexity index is 2620. The van der Waals surface area contributed by atoms with Crippen LogP contribution >= 0.6 is 0 Å². The average molecular weight is 622 g/mol. The molecule has 2 aliphatic heterocycles. The van der Waals surface area contributed by atoms with Crippen molar-refractivity contribution in [3.63, 3.8) is 0 Å². The lowest BCUT2D eigenvalue weighted by Crippen LogP contribution is -2.61. The van der Waals surface area contributed by atoms with Crippen molar-refractivity contribution in [2.75, 3.05) is 0 Å². The van der Waals surface area contributed by atoms with Crippen molar-refractivity contribution >= 4 is 66.7 Å². The molecule has 0 radical (unpaired) electrons. The van der Waals surface area contributed by atoms with E-state index in [1.807, 2.05) is 0 Å². The molecule has 0 spiro atoms. The van der Waals surface area contributed by atoms with Gasteiger partial charge in [-0.25, -0.2) is 0 Å². The van der Waals surface area contributed by atoms with E-state index in [2.05, 4.69) is 161 Å². The Labute approximate surface area is 284 Å². The summed E-state index contributed by atoms with van der Waals surface area (Å²) in [4.78, 5) is 0. The number of nitriles is 1. The van der Waals surface area contributed by atoms with Crippen molar-refractivity contribution in [1.82, 2.24) is 9.13 Å². The van der Waals surface area contributed by atoms with Gasteiger partial charge < -0.3 is 9.13 Å². The molecule has 4 heterocycles. The molecule has 0 saturated carbocycles. The van der Waals surface area contributed by atoms with E-state index in [4.69, 9.17) is 0 Å². The predicted octanol–water partition coefficient (Wildman–Crippen LogP) is 8.08. The third kappa shape index (κ3) is 3.47. The summed E-state index contributed by atoms with van der Waals surface area (Å²) in [6, 6.07) is 55.5. The van der Waals surface area contributed by atoms with E-state index < -0.39 is 0 Å². The highest BCUT2D eigenvalue weighted by molar-refractivity contribution is 6.97. The number of nitrogens with zero attached hydrogens (tertiary/aromatic N) is 3. The first-order valence-electron chi connectivity index (χ1n) is 17.1. The fraction of sp³-hybridized carbons (Fsp3) is 0.0444. The van der Waals surface area contributed by atoms with Crippen molar-refractivity contribution in [3.8, 4) is 17.4 Å². The van der Waals surface area contributed by atoms with Crippen LogP contribution < -0.4 is 16.4 Å². The zero-order valence-electron chi connectivity index (χ0n) is 26.7. The van der Waals surface area contributed by atoms with Gasteiger partial charge in [0.15, 0.2) is 0 Å². The number of benzene rings is 7. The van der Waals surface area contributed by atoms with Gasteiger partial charge in [0, 0.05) is 21.5 Å². The predicted molar refractivity (Wildman–Crippen MR) is 203 cm³/mol. The Kier molecular flexibility index (Phi) is 5.38. The summed E-state index contributed by atoms with van der Waals surface area (Å²) in [5, 5.41) is 16.4. The summed E-state index contributed by atoms with van der Waals surface area (Å²) in [5.74, 6) is 0. The Balaban J connectivity index is 1.40. The molecule has 2 aliphatic rings. The molecule has 226 valence electrons. The zero-order chi connectivity index (χ0) is 32.2. The second kappa shape index (κ2) is 9.86. The molecule has 49 heavy (non-hydrogen) atoms. The van der Waals surface area contributed by atoms with Crippen molar-refractivity contribution in [3.05, 3.63) is 173 Å². The smallest absolute Gasteiger partial charge is 0.242 e. The molecule has 9 aromatic rings. The van der Waals surface area contributed by atoms with Gasteiger partial charge >= 0.3 is 0 Å². The highest BCUT2D eigenvalue weighted by atomic mass is 15.0. The van der Waals surface area contributed by atoms with E-state index >= 15 is 0 Å². The van der Waals surface area contributed by atoms with E-state index in [1.165, 1.54) is 60.2 Å². The normalized spacial score (nSPS) is 13.1. The fourth-order valence-corrected chi connectivity index (χ4v) is 9.30. The molecule has 3 nitrogen and oxygen atoms in total. The summed E-state index contributed by atoms with van der Waals surface area (Å²) < 4.78 is 4.81. The molecule has 0 unspecified atom stereocenters. The van der Waals surface area contributed by atoms with Crippen molar-refractivity contribution < 1.29 is 0 Å². The molecule has 0 amide bonds. The van der Waals surface area contributed by atoms with Crippen LogP contribution in [0.3, 0.4) is 0 Å². The minimum Gasteiger partial charge on any atom is -0.308 e. The van der Waals surface area contributed by atoms with Crippen LogP contribution in [0.25, 0.3) is 55.0 Å². The highest BCUT2D eigenvalue weighted by Gasteiger charge is 2.41. The summed E-state index contributed by atoms with van der Waals surface area (Å²) in [7, 11) is 0. The van der Waals surface area contributed by atoms with Crippen LogP contribution in [0.15, 0.2) is 146 Å². The van der Waals surface area contributed by atoms with E-state index in [0.717, 1.165) is 51.8 Å². The van der Waals surface area contributed by atoms with Gasteiger partial charge in [-0.05, 0) is 59.4 Å². The summed E-state index contributed by atoms with van der Waals surface area (Å²) >= 11 is 0. The second-order valence-electron chi connectivity index (χ2n) is 13.5. The first-order chi connectivity index (χ1) is 24.3. The van der Waals surface area contributed by atoms with E-state index in [0.29, 0.717) is 0 Å². The fourth-order valence-electron chi connectivity index (χ4n) is 9.30. The molecule has 0 bridgehead atoms. The van der Waals surface area contributed by atoms with Crippen LogP contribution in [0, 0.1) is 11.3 Å². The van der Waals surface area contributed by atoms with Crippen molar-refractivity contribution in [2.24, 2.45) is 0 Å². The monoisotopic (exact) mass is 621 g/mol. The largest absolute Gasteiger partial charge is 0.308 e. The second-order valence-corrected chi connectivity index (χ2v) is 13.5. The van der Waals surface area contributed by atoms with Gasteiger partial charge in [-0.15, -0.1) is 0 Å². The van der Waals surface area contributed by atoms with Gasteiger partial charge in [-0.1, -0.05) is 138 Å². The average Bonchev–Trinajstić information content (AvgIpc) is 3.67. The van der Waals surface area contributed by atoms with Gasteiger partial charge in [0.25, 0.3) is 0 Å². The van der Waals surface area contributed by atoms with Gasteiger partial charge in [-0.2, -0.15) is 5.26 Å². The number of aromatic nitrogens is 2. The molecule has 0 N–H and O–H groups in total. The van der Waals surface area contributed by atoms with Crippen LogP contribution in [0.4, 0.5) is 0 Å². The third-order valence-electron chi connectivity index (χ3n) is 11.2. The molecule has 0 aliphatic carbocycles. The van der Waals surface area contributed by atoms with Crippen LogP contribution in [-0.4, -0.2) is 15.8 Å². The van der Waals surface area contributed by atoms with E-state index in [1.54, 1.807) is 0 Å². The molecule has 4 heteroatoms. The first-order valence-corrected chi connectivity index (χ1v) is 17.1. The van der Waals surface area contributed by atoms with Gasteiger partial charge in [0.1, 0.15) is 11.6 Å². The number of hydrogen-bond donors (Lipinski definition) is 0. The Hall–Kier alpha value is -6.31. The van der Waals surface area contributed by atoms with Gasteiger partial charge in [-0.3, -0.25) is 0 Å². The van der Waals surface area contributed by atoms with E-state index in [-0.39, 0.29) is 6.71 Å². The minimum atomic E-state index is 0.0753. The Morgan fingerprint density at radius 3 is 1.18 bits per heavy atom. The molecule has 2 aromatic heterocycles. The Morgan fingerprint density at radius 1 is 0.449 bits per heavy atom. The molecule has 0 fully saturated rings. The van der Waals surface area contributed by atoms with Crippen molar-refractivity contribution in [1.29, 1.82) is 5.26 Å². The van der Waals surface area contributed by atoms with Crippen molar-refractivity contribution in [2.45, 2.75) is 12.8 Å². The number of para-hydroxylation sites is 4. The zero-order valence-corrected chi connectivity index (χ0v) is 26.7. The number of hydrogen-bond acceptors (Lipinski definition) is 1. The van der Waals surface area contributed by atoms with Crippen LogP contribution in [0.2, 0.25) is 0 Å². The van der Waals surface area contributed by atoms with Gasteiger partial charge in [0.2, 0.25) is 6.71 Å². The Morgan fingerprint density at radius 2 is 0.796 bits per heavy atom. The number of rotatable bonds is 2. The molecular weight excluding hydrogens is 593 g/mol. The molecular formula is C45H28BN3. The first kappa shape index (κ1) is 26.7. The maximum absolute atomic E-state index is 11.6. The maximum Gasteiger partial charge on any atom is 0.242 e. The summed E-state index contributed by atoms with van der Waals surface area (Å²) in [6.45, 7) is 0.0753. The summed E-state index contributed by atoms with van der Waals surface area (Å²) in [6.07, 6.45) is 1.55. The topological polar surface area (TPSA) is 33.6 Å². The van der Waals surface area contributed by atoms with Gasteiger partial charge in [0.05, 0.1) is 33.4 Å². The standard InChI is InChI=1S/C45H28BN3/c47-27-36-44(48-39-21-9-3-15-30(39)31-16-4-10-22-40(31)48)34-25-28-13-1-7-19-37(28)46-38-20-8-2-14-29(38)26-35(43(34)46)45(36)49-41-23-11-5-17-32(41)33-18-6-12-24-42(33)49/h1-24H,25-26H2. The lowest BCUT2D eigenvalue weighted by Gasteiger charge is -2.37. The highest BCUT2D eigenvalue weighted by Crippen LogP contribution is 2.42. The van der Waals surface area contributed by atoms with Crippen LogP contribution in [0.5, 0.6) is 0 Å². The van der Waals surface area contributed by atoms with E-state index in [9.17, 15) is 5.26 Å². The number of fused-ring (bicyclic) bond motifs is 10.